The van der Waals surface area contributed by atoms with Crippen LogP contribution in [-0.2, 0) is 0 Å². The summed E-state index contributed by atoms with van der Waals surface area (Å²) in [4.78, 5) is 16.8. The Labute approximate surface area is 114 Å². The predicted molar refractivity (Wildman–Crippen MR) is 76.9 cm³/mol. The second-order valence-corrected chi connectivity index (χ2v) is 4.98. The van der Waals surface area contributed by atoms with Crippen molar-refractivity contribution in [1.82, 2.24) is 9.80 Å². The molecule has 19 heavy (non-hydrogen) atoms. The van der Waals surface area contributed by atoms with E-state index in [-0.39, 0.29) is 5.91 Å². The summed E-state index contributed by atoms with van der Waals surface area (Å²) >= 11 is 0. The van der Waals surface area contributed by atoms with Gasteiger partial charge < -0.3 is 10.3 Å². The number of likely N-dealkylation sites (N-methyl/N-ethyl adjacent to an activating group) is 1. The zero-order valence-electron chi connectivity index (χ0n) is 11.6. The number of carbonyl (C=O) groups excluding carboxylic acids is 1. The van der Waals surface area contributed by atoms with E-state index in [0.29, 0.717) is 17.3 Å². The number of rotatable bonds is 3. The van der Waals surface area contributed by atoms with Crippen molar-refractivity contribution in [3.8, 4) is 0 Å². The van der Waals surface area contributed by atoms with Gasteiger partial charge in [-0.15, -0.1) is 0 Å². The number of hydrogen-bond acceptors (Lipinski definition) is 4. The van der Waals surface area contributed by atoms with E-state index in [1.807, 2.05) is 29.2 Å². The fourth-order valence-corrected chi connectivity index (χ4v) is 2.54. The summed E-state index contributed by atoms with van der Waals surface area (Å²) in [6.07, 6.45) is 1.05. The van der Waals surface area contributed by atoms with Gasteiger partial charge in [0.25, 0.3) is 5.91 Å². The molecule has 0 aliphatic carbocycles. The van der Waals surface area contributed by atoms with Crippen LogP contribution in [0.1, 0.15) is 23.7 Å². The zero-order chi connectivity index (χ0) is 13.8. The normalized spacial score (nSPS) is 20.4. The van der Waals surface area contributed by atoms with Crippen LogP contribution >= 0.6 is 0 Å². The van der Waals surface area contributed by atoms with Crippen molar-refractivity contribution >= 4 is 11.6 Å². The molecule has 104 valence electrons. The minimum atomic E-state index is 0.0556. The maximum absolute atomic E-state index is 12.6. The first kappa shape index (κ1) is 13.8. The molecule has 5 nitrogen and oxygen atoms in total. The summed E-state index contributed by atoms with van der Waals surface area (Å²) in [6.45, 7) is 4.63. The summed E-state index contributed by atoms with van der Waals surface area (Å²) in [6, 6.07) is 7.81. The summed E-state index contributed by atoms with van der Waals surface area (Å²) in [5, 5.41) is 0. The number of nitrogen functional groups attached to an aromatic ring is 1. The lowest BCUT2D eigenvalue weighted by Gasteiger charge is -2.39. The van der Waals surface area contributed by atoms with Gasteiger partial charge >= 0.3 is 0 Å². The fourth-order valence-electron chi connectivity index (χ4n) is 2.54. The second-order valence-electron chi connectivity index (χ2n) is 4.98. The molecule has 1 aliphatic heterocycles. The van der Waals surface area contributed by atoms with Crippen molar-refractivity contribution < 1.29 is 4.79 Å². The van der Waals surface area contributed by atoms with E-state index in [2.05, 4.69) is 24.3 Å². The third kappa shape index (κ3) is 2.88. The van der Waals surface area contributed by atoms with E-state index in [0.717, 1.165) is 26.1 Å². The summed E-state index contributed by atoms with van der Waals surface area (Å²) in [5.41, 5.74) is 3.91. The van der Waals surface area contributed by atoms with E-state index in [4.69, 9.17) is 5.84 Å². The molecule has 2 rings (SSSR count). The largest absolute Gasteiger partial charge is 0.336 e. The Morgan fingerprint density at radius 2 is 2.16 bits per heavy atom. The Bertz CT molecular complexity index is 449. The van der Waals surface area contributed by atoms with Crippen molar-refractivity contribution in [3.05, 3.63) is 29.8 Å². The molecule has 1 aliphatic rings. The van der Waals surface area contributed by atoms with Crippen LogP contribution in [0, 0.1) is 0 Å². The first-order valence-corrected chi connectivity index (χ1v) is 6.72. The van der Waals surface area contributed by atoms with Crippen LogP contribution in [0.25, 0.3) is 0 Å². The van der Waals surface area contributed by atoms with Crippen LogP contribution in [0.3, 0.4) is 0 Å². The van der Waals surface area contributed by atoms with Gasteiger partial charge in [0.1, 0.15) is 0 Å². The molecule has 0 saturated carbocycles. The molecule has 1 atom stereocenters. The molecule has 0 spiro atoms. The first-order chi connectivity index (χ1) is 9.17. The lowest BCUT2D eigenvalue weighted by Crippen LogP contribution is -2.53. The van der Waals surface area contributed by atoms with Crippen LogP contribution in [-0.4, -0.2) is 48.4 Å². The highest BCUT2D eigenvalue weighted by Gasteiger charge is 2.27. The molecule has 3 N–H and O–H groups in total. The highest BCUT2D eigenvalue weighted by molar-refractivity contribution is 5.99. The Kier molecular flexibility index (Phi) is 4.39. The van der Waals surface area contributed by atoms with Crippen molar-refractivity contribution in [1.29, 1.82) is 0 Å². The standard InChI is InChI=1S/C14H22N4O/c1-3-11-10-18(9-8-17(11)2)14(19)12-6-4-5-7-13(12)16-15/h4-7,11,16H,3,8-10,15H2,1-2H3. The number of nitrogens with two attached hydrogens (primary N) is 1. The number of nitrogens with one attached hydrogen (secondary N) is 1. The number of para-hydroxylation sites is 1. The van der Waals surface area contributed by atoms with Crippen LogP contribution in [0.15, 0.2) is 24.3 Å². The van der Waals surface area contributed by atoms with Gasteiger partial charge in [-0.1, -0.05) is 19.1 Å². The lowest BCUT2D eigenvalue weighted by atomic mass is 10.1. The average Bonchev–Trinajstić information content (AvgIpc) is 2.47. The van der Waals surface area contributed by atoms with Crippen molar-refractivity contribution in [2.24, 2.45) is 5.84 Å². The topological polar surface area (TPSA) is 61.6 Å². The quantitative estimate of drug-likeness (QED) is 0.633. The van der Waals surface area contributed by atoms with Crippen molar-refractivity contribution in [2.75, 3.05) is 32.1 Å². The minimum Gasteiger partial charge on any atom is -0.336 e. The SMILES string of the molecule is CCC1CN(C(=O)c2ccccc2NN)CCN1C. The highest BCUT2D eigenvalue weighted by atomic mass is 16.2. The second kappa shape index (κ2) is 6.04. The maximum atomic E-state index is 12.6. The van der Waals surface area contributed by atoms with Crippen molar-refractivity contribution in [2.45, 2.75) is 19.4 Å². The minimum absolute atomic E-state index is 0.0556. The third-order valence-electron chi connectivity index (χ3n) is 3.85. The molecule has 1 aromatic carbocycles. The summed E-state index contributed by atoms with van der Waals surface area (Å²) in [7, 11) is 2.12. The van der Waals surface area contributed by atoms with E-state index >= 15 is 0 Å². The smallest absolute Gasteiger partial charge is 0.256 e. The predicted octanol–water partition coefficient (Wildman–Crippen LogP) is 1.14. The summed E-state index contributed by atoms with van der Waals surface area (Å²) < 4.78 is 0. The lowest BCUT2D eigenvalue weighted by molar-refractivity contribution is 0.0543. The maximum Gasteiger partial charge on any atom is 0.256 e. The van der Waals surface area contributed by atoms with Crippen LogP contribution in [0.2, 0.25) is 0 Å². The molecule has 0 aromatic heterocycles. The zero-order valence-corrected chi connectivity index (χ0v) is 11.6. The summed E-state index contributed by atoms with van der Waals surface area (Å²) in [5.74, 6) is 5.52. The third-order valence-corrected chi connectivity index (χ3v) is 3.85. The fraction of sp³-hybridized carbons (Fsp3) is 0.500. The molecule has 1 heterocycles. The molecule has 0 bridgehead atoms. The molecule has 1 saturated heterocycles. The van der Waals surface area contributed by atoms with Gasteiger partial charge in [-0.25, -0.2) is 0 Å². The molecule has 1 unspecified atom stereocenters. The Morgan fingerprint density at radius 1 is 1.42 bits per heavy atom. The van der Waals surface area contributed by atoms with E-state index in [1.165, 1.54) is 0 Å². The molecule has 1 aromatic rings. The van der Waals surface area contributed by atoms with Gasteiger partial charge in [0.2, 0.25) is 0 Å². The number of anilines is 1. The number of carbonyl (C=O) groups is 1. The number of hydrazine groups is 1. The molecule has 5 heteroatoms. The van der Waals surface area contributed by atoms with E-state index < -0.39 is 0 Å². The molecule has 0 radical (unpaired) electrons. The molecule has 1 fully saturated rings. The van der Waals surface area contributed by atoms with Gasteiger partial charge in [-0.2, -0.15) is 0 Å². The van der Waals surface area contributed by atoms with E-state index in [9.17, 15) is 4.79 Å². The Balaban J connectivity index is 2.15. The number of nitrogens with zero attached hydrogens (tertiary/aromatic N) is 2. The van der Waals surface area contributed by atoms with Gasteiger partial charge in [-0.05, 0) is 25.6 Å². The van der Waals surface area contributed by atoms with E-state index in [1.54, 1.807) is 0 Å². The molecular weight excluding hydrogens is 240 g/mol. The van der Waals surface area contributed by atoms with Crippen LogP contribution in [0.4, 0.5) is 5.69 Å². The molecule has 1 amide bonds. The molecular formula is C14H22N4O. The Hall–Kier alpha value is -1.59. The Morgan fingerprint density at radius 3 is 2.84 bits per heavy atom. The number of amides is 1. The number of piperazine rings is 1. The van der Waals surface area contributed by atoms with Crippen LogP contribution in [0.5, 0.6) is 0 Å². The van der Waals surface area contributed by atoms with Gasteiger partial charge in [0.15, 0.2) is 0 Å². The van der Waals surface area contributed by atoms with Crippen LogP contribution < -0.4 is 11.3 Å². The van der Waals surface area contributed by atoms with Crippen molar-refractivity contribution in [3.63, 3.8) is 0 Å². The number of benzene rings is 1. The first-order valence-electron chi connectivity index (χ1n) is 6.72. The number of hydrogen-bond donors (Lipinski definition) is 2. The van der Waals surface area contributed by atoms with Gasteiger partial charge in [0, 0.05) is 25.7 Å². The monoisotopic (exact) mass is 262 g/mol. The van der Waals surface area contributed by atoms with Gasteiger partial charge in [-0.3, -0.25) is 15.5 Å². The van der Waals surface area contributed by atoms with Gasteiger partial charge in [0.05, 0.1) is 11.3 Å². The highest BCUT2D eigenvalue weighted by Crippen LogP contribution is 2.19. The average molecular weight is 262 g/mol.